The molecule has 0 saturated carbocycles. The highest BCUT2D eigenvalue weighted by Gasteiger charge is 2.27. The Balaban J connectivity index is 1.75. The van der Waals surface area contributed by atoms with Gasteiger partial charge in [0.25, 0.3) is 0 Å². The van der Waals surface area contributed by atoms with Gasteiger partial charge in [0, 0.05) is 18.0 Å². The van der Waals surface area contributed by atoms with Crippen LogP contribution in [0, 0.1) is 0 Å². The van der Waals surface area contributed by atoms with Crippen LogP contribution in [0.2, 0.25) is 4.34 Å². The molecular weight excluding hydrogens is 298 g/mol. The lowest BCUT2D eigenvalue weighted by molar-refractivity contribution is 0.0825. The van der Waals surface area contributed by atoms with E-state index in [0.29, 0.717) is 4.34 Å². The Labute approximate surface area is 125 Å². The van der Waals surface area contributed by atoms with Gasteiger partial charge in [0.05, 0.1) is 15.3 Å². The monoisotopic (exact) mass is 311 g/mol. The van der Waals surface area contributed by atoms with Gasteiger partial charge in [-0.1, -0.05) is 11.6 Å². The molecule has 0 radical (unpaired) electrons. The van der Waals surface area contributed by atoms with E-state index in [2.05, 4.69) is 16.3 Å². The normalized spacial score (nSPS) is 17.2. The maximum absolute atomic E-state index is 12.4. The van der Waals surface area contributed by atoms with E-state index in [-0.39, 0.29) is 11.8 Å². The number of rotatable bonds is 3. The highest BCUT2D eigenvalue weighted by atomic mass is 35.5. The minimum atomic E-state index is -0.0808. The number of carbonyl (C=O) groups excluding carboxylic acids is 1. The van der Waals surface area contributed by atoms with Crippen molar-refractivity contribution in [3.63, 3.8) is 0 Å². The Kier molecular flexibility index (Phi) is 3.76. The zero-order valence-electron chi connectivity index (χ0n) is 10.6. The zero-order valence-corrected chi connectivity index (χ0v) is 12.9. The highest BCUT2D eigenvalue weighted by Crippen LogP contribution is 2.28. The maximum atomic E-state index is 12.4. The van der Waals surface area contributed by atoms with Gasteiger partial charge >= 0.3 is 0 Å². The first-order chi connectivity index (χ1) is 9.15. The van der Waals surface area contributed by atoms with Crippen molar-refractivity contribution in [1.82, 2.24) is 4.90 Å². The van der Waals surface area contributed by atoms with Gasteiger partial charge in [-0.15, -0.1) is 22.7 Å². The van der Waals surface area contributed by atoms with Crippen molar-refractivity contribution in [2.24, 2.45) is 0 Å². The number of Topliss-reactive ketones (excluding diaryl/α,β-unsaturated/α-hetero) is 1. The van der Waals surface area contributed by atoms with Gasteiger partial charge in [-0.2, -0.15) is 0 Å². The topological polar surface area (TPSA) is 20.3 Å². The first kappa shape index (κ1) is 13.3. The summed E-state index contributed by atoms with van der Waals surface area (Å²) in [7, 11) is 0. The predicted octanol–water partition coefficient (Wildman–Crippen LogP) is 4.09. The molecule has 2 aromatic rings. The molecule has 1 unspecified atom stereocenters. The van der Waals surface area contributed by atoms with E-state index >= 15 is 0 Å². The number of hydrogen-bond donors (Lipinski definition) is 0. The van der Waals surface area contributed by atoms with Gasteiger partial charge in [0.2, 0.25) is 0 Å². The van der Waals surface area contributed by atoms with E-state index in [4.69, 9.17) is 11.6 Å². The van der Waals surface area contributed by atoms with Crippen LogP contribution in [0.4, 0.5) is 0 Å². The lowest BCUT2D eigenvalue weighted by Crippen LogP contribution is -2.41. The molecule has 3 heterocycles. The average Bonchev–Trinajstić information content (AvgIpc) is 3.04. The molecule has 0 aromatic carbocycles. The quantitative estimate of drug-likeness (QED) is 0.796. The molecule has 2 nitrogen and oxygen atoms in total. The summed E-state index contributed by atoms with van der Waals surface area (Å²) in [6, 6.07) is 5.71. The molecule has 0 amide bonds. The molecule has 2 aromatic heterocycles. The molecule has 0 saturated heterocycles. The van der Waals surface area contributed by atoms with Gasteiger partial charge in [0.1, 0.15) is 0 Å². The van der Waals surface area contributed by atoms with Crippen LogP contribution in [-0.2, 0) is 13.0 Å². The van der Waals surface area contributed by atoms with Gasteiger partial charge in [-0.05, 0) is 42.5 Å². The number of thiophene rings is 2. The Morgan fingerprint density at radius 1 is 1.42 bits per heavy atom. The summed E-state index contributed by atoms with van der Waals surface area (Å²) in [6.07, 6.45) is 1.05. The summed E-state index contributed by atoms with van der Waals surface area (Å²) in [4.78, 5) is 16.9. The van der Waals surface area contributed by atoms with Gasteiger partial charge in [-0.3, -0.25) is 9.69 Å². The van der Waals surface area contributed by atoms with Crippen molar-refractivity contribution < 1.29 is 4.79 Å². The van der Waals surface area contributed by atoms with Crippen LogP contribution in [0.5, 0.6) is 0 Å². The summed E-state index contributed by atoms with van der Waals surface area (Å²) >= 11 is 9.09. The third-order valence-electron chi connectivity index (χ3n) is 3.58. The molecule has 0 spiro atoms. The van der Waals surface area contributed by atoms with E-state index in [1.54, 1.807) is 6.07 Å². The molecule has 0 aliphatic carbocycles. The molecule has 0 fully saturated rings. The number of halogens is 1. The van der Waals surface area contributed by atoms with Gasteiger partial charge in [-0.25, -0.2) is 0 Å². The van der Waals surface area contributed by atoms with E-state index in [0.717, 1.165) is 24.4 Å². The first-order valence-electron chi connectivity index (χ1n) is 6.24. The third-order valence-corrected chi connectivity index (χ3v) is 5.85. The molecule has 5 heteroatoms. The van der Waals surface area contributed by atoms with Crippen LogP contribution in [0.15, 0.2) is 23.6 Å². The minimum Gasteiger partial charge on any atom is -0.291 e. The summed E-state index contributed by atoms with van der Waals surface area (Å²) in [5, 5.41) is 2.14. The molecule has 1 atom stereocenters. The summed E-state index contributed by atoms with van der Waals surface area (Å²) in [6.45, 7) is 3.83. The van der Waals surface area contributed by atoms with Gasteiger partial charge in [0.15, 0.2) is 5.78 Å². The second-order valence-electron chi connectivity index (χ2n) is 4.73. The highest BCUT2D eigenvalue weighted by molar-refractivity contribution is 7.18. The molecular formula is C14H14ClNOS2. The number of nitrogens with zero attached hydrogens (tertiary/aromatic N) is 1. The fourth-order valence-corrected chi connectivity index (χ4v) is 4.37. The largest absolute Gasteiger partial charge is 0.291 e. The number of hydrogen-bond acceptors (Lipinski definition) is 4. The van der Waals surface area contributed by atoms with Gasteiger partial charge < -0.3 is 0 Å². The average molecular weight is 312 g/mol. The summed E-state index contributed by atoms with van der Waals surface area (Å²) < 4.78 is 0.675. The fraction of sp³-hybridized carbons (Fsp3) is 0.357. The second-order valence-corrected chi connectivity index (χ2v) is 7.45. The predicted molar refractivity (Wildman–Crippen MR) is 81.6 cm³/mol. The molecule has 0 bridgehead atoms. The SMILES string of the molecule is CC(C(=O)c1ccc(Cl)s1)N1CCc2sccc2C1. The molecule has 0 N–H and O–H groups in total. The lowest BCUT2D eigenvalue weighted by atomic mass is 10.1. The van der Waals surface area contributed by atoms with Crippen molar-refractivity contribution in [3.05, 3.63) is 43.2 Å². The number of fused-ring (bicyclic) bond motifs is 1. The van der Waals surface area contributed by atoms with Crippen LogP contribution < -0.4 is 0 Å². The van der Waals surface area contributed by atoms with Crippen molar-refractivity contribution in [2.75, 3.05) is 6.54 Å². The zero-order chi connectivity index (χ0) is 13.4. The first-order valence-corrected chi connectivity index (χ1v) is 8.31. The number of ketones is 1. The van der Waals surface area contributed by atoms with Crippen molar-refractivity contribution >= 4 is 40.1 Å². The smallest absolute Gasteiger partial charge is 0.189 e. The molecule has 1 aliphatic rings. The van der Waals surface area contributed by atoms with E-state index in [1.807, 2.05) is 24.3 Å². The van der Waals surface area contributed by atoms with Crippen molar-refractivity contribution in [1.29, 1.82) is 0 Å². The lowest BCUT2D eigenvalue weighted by Gasteiger charge is -2.31. The van der Waals surface area contributed by atoms with Crippen LogP contribution in [0.3, 0.4) is 0 Å². The van der Waals surface area contributed by atoms with Crippen LogP contribution in [-0.4, -0.2) is 23.3 Å². The molecule has 100 valence electrons. The second kappa shape index (κ2) is 5.37. The van der Waals surface area contributed by atoms with Crippen LogP contribution in [0.25, 0.3) is 0 Å². The standard InChI is InChI=1S/C14H14ClNOS2/c1-9(14(17)12-2-3-13(15)19-12)16-6-4-11-10(8-16)5-7-18-11/h2-3,5,7,9H,4,6,8H2,1H3. The van der Waals surface area contributed by atoms with Crippen molar-refractivity contribution in [2.45, 2.75) is 25.9 Å². The van der Waals surface area contributed by atoms with E-state index < -0.39 is 0 Å². The summed E-state index contributed by atoms with van der Waals surface area (Å²) in [5.41, 5.74) is 1.38. The van der Waals surface area contributed by atoms with Crippen LogP contribution >= 0.6 is 34.3 Å². The maximum Gasteiger partial charge on any atom is 0.189 e. The summed E-state index contributed by atoms with van der Waals surface area (Å²) in [5.74, 6) is 0.176. The van der Waals surface area contributed by atoms with Crippen LogP contribution in [0.1, 0.15) is 27.0 Å². The molecule has 3 rings (SSSR count). The Bertz CT molecular complexity index is 604. The Morgan fingerprint density at radius 2 is 2.26 bits per heavy atom. The minimum absolute atomic E-state index is 0.0808. The molecule has 1 aliphatic heterocycles. The van der Waals surface area contributed by atoms with E-state index in [9.17, 15) is 4.79 Å². The Morgan fingerprint density at radius 3 is 3.00 bits per heavy atom. The fourth-order valence-electron chi connectivity index (χ4n) is 2.42. The third kappa shape index (κ3) is 2.63. The van der Waals surface area contributed by atoms with Crippen molar-refractivity contribution in [3.8, 4) is 0 Å². The Hall–Kier alpha value is -0.680. The molecule has 19 heavy (non-hydrogen) atoms. The number of carbonyl (C=O) groups is 1. The van der Waals surface area contributed by atoms with E-state index in [1.165, 1.54) is 21.8 Å².